The van der Waals surface area contributed by atoms with Crippen molar-refractivity contribution in [3.05, 3.63) is 40.4 Å². The van der Waals surface area contributed by atoms with Crippen LogP contribution in [0.5, 0.6) is 0 Å². The highest BCUT2D eigenvalue weighted by molar-refractivity contribution is 7.93. The molecular formula is C13H15ClN2O2S2. The van der Waals surface area contributed by atoms with Gasteiger partial charge in [0.2, 0.25) is 0 Å². The van der Waals surface area contributed by atoms with E-state index in [2.05, 4.69) is 9.71 Å². The van der Waals surface area contributed by atoms with Gasteiger partial charge >= 0.3 is 0 Å². The molecule has 1 heterocycles. The van der Waals surface area contributed by atoms with E-state index in [9.17, 15) is 8.42 Å². The molecule has 7 heteroatoms. The Bertz CT molecular complexity index is 701. The summed E-state index contributed by atoms with van der Waals surface area (Å²) in [5, 5.41) is 2.72. The van der Waals surface area contributed by atoms with Gasteiger partial charge in [0.25, 0.3) is 10.0 Å². The van der Waals surface area contributed by atoms with Gasteiger partial charge < -0.3 is 0 Å². The van der Waals surface area contributed by atoms with Crippen molar-refractivity contribution in [2.75, 3.05) is 4.72 Å². The second-order valence-electron chi connectivity index (χ2n) is 5.35. The lowest BCUT2D eigenvalue weighted by atomic mass is 9.93. The minimum atomic E-state index is -3.62. The van der Waals surface area contributed by atoms with Crippen LogP contribution >= 0.6 is 22.9 Å². The molecule has 4 nitrogen and oxygen atoms in total. The summed E-state index contributed by atoms with van der Waals surface area (Å²) < 4.78 is 26.9. The quantitative estimate of drug-likeness (QED) is 0.928. The van der Waals surface area contributed by atoms with Crippen LogP contribution in [0.3, 0.4) is 0 Å². The molecule has 0 bridgehead atoms. The normalized spacial score (nSPS) is 12.4. The van der Waals surface area contributed by atoms with Gasteiger partial charge in [-0.05, 0) is 24.3 Å². The fourth-order valence-corrected chi connectivity index (χ4v) is 3.77. The van der Waals surface area contributed by atoms with Crippen molar-refractivity contribution in [2.45, 2.75) is 31.1 Å². The van der Waals surface area contributed by atoms with Crippen molar-refractivity contribution in [3.8, 4) is 0 Å². The highest BCUT2D eigenvalue weighted by Gasteiger charge is 2.20. The van der Waals surface area contributed by atoms with Crippen LogP contribution in [0.4, 0.5) is 5.13 Å². The molecular weight excluding hydrogens is 316 g/mol. The summed E-state index contributed by atoms with van der Waals surface area (Å²) in [6.45, 7) is 6.08. The zero-order valence-electron chi connectivity index (χ0n) is 11.3. The maximum Gasteiger partial charge on any atom is 0.263 e. The van der Waals surface area contributed by atoms with Crippen molar-refractivity contribution in [1.82, 2.24) is 4.98 Å². The zero-order valence-corrected chi connectivity index (χ0v) is 13.7. The molecule has 0 spiro atoms. The monoisotopic (exact) mass is 330 g/mol. The molecule has 1 aromatic carbocycles. The molecule has 1 aromatic heterocycles. The lowest BCUT2D eigenvalue weighted by Crippen LogP contribution is -2.14. The van der Waals surface area contributed by atoms with Crippen molar-refractivity contribution in [3.63, 3.8) is 0 Å². The van der Waals surface area contributed by atoms with Gasteiger partial charge in [0.05, 0.1) is 10.6 Å². The molecule has 20 heavy (non-hydrogen) atoms. The van der Waals surface area contributed by atoms with Gasteiger partial charge in [-0.3, -0.25) is 4.72 Å². The third kappa shape index (κ3) is 3.50. The Morgan fingerprint density at radius 3 is 2.30 bits per heavy atom. The Morgan fingerprint density at radius 1 is 1.20 bits per heavy atom. The van der Waals surface area contributed by atoms with E-state index in [1.807, 2.05) is 26.2 Å². The van der Waals surface area contributed by atoms with E-state index in [-0.39, 0.29) is 10.3 Å². The van der Waals surface area contributed by atoms with Crippen LogP contribution in [0, 0.1) is 0 Å². The van der Waals surface area contributed by atoms with Crippen molar-refractivity contribution < 1.29 is 8.42 Å². The molecule has 1 N–H and O–H groups in total. The number of rotatable bonds is 3. The molecule has 0 unspecified atom stereocenters. The van der Waals surface area contributed by atoms with E-state index in [4.69, 9.17) is 11.6 Å². The number of anilines is 1. The van der Waals surface area contributed by atoms with Crippen LogP contribution in [0.1, 0.15) is 26.5 Å². The number of benzene rings is 1. The van der Waals surface area contributed by atoms with Gasteiger partial charge in [-0.1, -0.05) is 32.4 Å². The van der Waals surface area contributed by atoms with E-state index in [0.29, 0.717) is 10.2 Å². The molecule has 0 atom stereocenters. The van der Waals surface area contributed by atoms with Gasteiger partial charge in [-0.2, -0.15) is 0 Å². The number of sulfonamides is 1. The number of aromatic nitrogens is 1. The van der Waals surface area contributed by atoms with E-state index in [1.54, 1.807) is 12.1 Å². The molecule has 0 radical (unpaired) electrons. The maximum atomic E-state index is 12.2. The summed E-state index contributed by atoms with van der Waals surface area (Å²) in [7, 11) is -3.62. The van der Waals surface area contributed by atoms with Crippen LogP contribution < -0.4 is 4.72 Å². The first-order chi connectivity index (χ1) is 9.18. The summed E-state index contributed by atoms with van der Waals surface area (Å²) in [6.07, 6.45) is 0. The molecule has 0 saturated heterocycles. The van der Waals surface area contributed by atoms with Gasteiger partial charge in [-0.15, -0.1) is 11.3 Å². The zero-order chi connectivity index (χ0) is 15.0. The number of hydrogen-bond acceptors (Lipinski definition) is 4. The standard InChI is InChI=1S/C13H15ClN2O2S2/c1-13(2,3)11-8-19-12(15-11)16-20(17,18)10-6-4-9(14)5-7-10/h4-8H,1-3H3,(H,15,16). The Balaban J connectivity index is 2.25. The average molecular weight is 331 g/mol. The summed E-state index contributed by atoms with van der Waals surface area (Å²) >= 11 is 7.02. The average Bonchev–Trinajstić information content (AvgIpc) is 2.77. The predicted molar refractivity (Wildman–Crippen MR) is 83.1 cm³/mol. The van der Waals surface area contributed by atoms with Crippen molar-refractivity contribution >= 4 is 38.1 Å². The molecule has 0 fully saturated rings. The number of thiazole rings is 1. The third-order valence-corrected chi connectivity index (χ3v) is 5.11. The molecule has 0 aliphatic rings. The molecule has 0 aliphatic carbocycles. The second-order valence-corrected chi connectivity index (χ2v) is 8.32. The lowest BCUT2D eigenvalue weighted by Gasteiger charge is -2.14. The summed E-state index contributed by atoms with van der Waals surface area (Å²) in [5.41, 5.74) is 0.747. The van der Waals surface area contributed by atoms with Gasteiger partial charge in [0, 0.05) is 15.8 Å². The van der Waals surface area contributed by atoms with Gasteiger partial charge in [-0.25, -0.2) is 13.4 Å². The van der Waals surface area contributed by atoms with Gasteiger partial charge in [0.1, 0.15) is 0 Å². The molecule has 2 rings (SSSR count). The number of hydrogen-bond donors (Lipinski definition) is 1. The molecule has 0 amide bonds. The SMILES string of the molecule is CC(C)(C)c1csc(NS(=O)(=O)c2ccc(Cl)cc2)n1. The van der Waals surface area contributed by atoms with Crippen LogP contribution in [-0.4, -0.2) is 13.4 Å². The first kappa shape index (κ1) is 15.3. The van der Waals surface area contributed by atoms with Gasteiger partial charge in [0.15, 0.2) is 5.13 Å². The maximum absolute atomic E-state index is 12.2. The van der Waals surface area contributed by atoms with Crippen LogP contribution in [0.25, 0.3) is 0 Å². The van der Waals surface area contributed by atoms with E-state index in [1.165, 1.54) is 23.5 Å². The molecule has 108 valence electrons. The van der Waals surface area contributed by atoms with E-state index in [0.717, 1.165) is 5.69 Å². The van der Waals surface area contributed by atoms with E-state index >= 15 is 0 Å². The molecule has 2 aromatic rings. The number of nitrogens with one attached hydrogen (secondary N) is 1. The lowest BCUT2D eigenvalue weighted by molar-refractivity contribution is 0.573. The minimum Gasteiger partial charge on any atom is -0.255 e. The summed E-state index contributed by atoms with van der Waals surface area (Å²) in [6, 6.07) is 6.00. The summed E-state index contributed by atoms with van der Waals surface area (Å²) in [4.78, 5) is 4.47. The fourth-order valence-electron chi connectivity index (χ4n) is 1.45. The topological polar surface area (TPSA) is 59.1 Å². The van der Waals surface area contributed by atoms with Crippen molar-refractivity contribution in [1.29, 1.82) is 0 Å². The van der Waals surface area contributed by atoms with Crippen LogP contribution in [0.2, 0.25) is 5.02 Å². The second kappa shape index (κ2) is 5.35. The van der Waals surface area contributed by atoms with E-state index < -0.39 is 10.0 Å². The Morgan fingerprint density at radius 2 is 1.80 bits per heavy atom. The predicted octanol–water partition coefficient (Wildman–Crippen LogP) is 3.89. The highest BCUT2D eigenvalue weighted by atomic mass is 35.5. The van der Waals surface area contributed by atoms with Crippen molar-refractivity contribution in [2.24, 2.45) is 0 Å². The molecule has 0 saturated carbocycles. The largest absolute Gasteiger partial charge is 0.263 e. The smallest absolute Gasteiger partial charge is 0.255 e. The van der Waals surface area contributed by atoms with Crippen LogP contribution in [0.15, 0.2) is 34.5 Å². The summed E-state index contributed by atoms with van der Waals surface area (Å²) in [5.74, 6) is 0. The Hall–Kier alpha value is -1.11. The highest BCUT2D eigenvalue weighted by Crippen LogP contribution is 2.27. The fraction of sp³-hybridized carbons (Fsp3) is 0.308. The first-order valence-corrected chi connectivity index (χ1v) is 8.67. The molecule has 0 aliphatic heterocycles. The van der Waals surface area contributed by atoms with Crippen LogP contribution in [-0.2, 0) is 15.4 Å². The third-order valence-electron chi connectivity index (χ3n) is 2.62. The Labute approximate surface area is 127 Å². The number of nitrogens with zero attached hydrogens (tertiary/aromatic N) is 1. The Kier molecular flexibility index (Phi) is 4.09. The number of halogens is 1. The first-order valence-electron chi connectivity index (χ1n) is 5.93. The minimum absolute atomic E-state index is 0.111.